The predicted octanol–water partition coefficient (Wildman–Crippen LogP) is 6.16. The minimum absolute atomic E-state index is 0.327. The maximum Gasteiger partial charge on any atom is 0.298 e. The number of rotatable bonds is 5. The van der Waals surface area contributed by atoms with E-state index in [0.717, 1.165) is 33.5 Å². The van der Waals surface area contributed by atoms with E-state index in [2.05, 4.69) is 0 Å². The molecule has 0 N–H and O–H groups in total. The number of hydrogen-bond donors (Lipinski definition) is 0. The molecule has 0 aliphatic carbocycles. The number of carbonyl (C=O) groups excluding carboxylic acids is 2. The van der Waals surface area contributed by atoms with Crippen LogP contribution in [0, 0.1) is 0 Å². The second-order valence-electron chi connectivity index (χ2n) is 6.34. The van der Waals surface area contributed by atoms with Crippen molar-refractivity contribution in [2.45, 2.75) is 6.61 Å². The van der Waals surface area contributed by atoms with Crippen molar-refractivity contribution < 1.29 is 14.3 Å². The highest BCUT2D eigenvalue weighted by Crippen LogP contribution is 2.36. The summed E-state index contributed by atoms with van der Waals surface area (Å²) in [6, 6.07) is 23.9. The van der Waals surface area contributed by atoms with Gasteiger partial charge in [0.05, 0.1) is 10.6 Å². The number of amides is 2. The van der Waals surface area contributed by atoms with Gasteiger partial charge in [0.15, 0.2) is 0 Å². The average molecular weight is 422 g/mol. The third-order valence-corrected chi connectivity index (χ3v) is 5.43. The average Bonchev–Trinajstić information content (AvgIpc) is 3.02. The van der Waals surface area contributed by atoms with Gasteiger partial charge in [-0.25, -0.2) is 4.90 Å². The maximum atomic E-state index is 12.7. The van der Waals surface area contributed by atoms with E-state index in [9.17, 15) is 9.59 Å². The molecule has 29 heavy (non-hydrogen) atoms. The first kappa shape index (κ1) is 19.3. The van der Waals surface area contributed by atoms with Crippen LogP contribution >= 0.6 is 23.4 Å². The number of halogens is 1. The third-order valence-electron chi connectivity index (χ3n) is 4.30. The number of nitrogens with zero attached hydrogens (tertiary/aromatic N) is 1. The summed E-state index contributed by atoms with van der Waals surface area (Å²) in [5, 5.41) is 0.220. The minimum atomic E-state index is -0.341. The van der Waals surface area contributed by atoms with Crippen molar-refractivity contribution in [2.75, 3.05) is 4.90 Å². The molecular formula is C23H16ClNO3S. The van der Waals surface area contributed by atoms with Gasteiger partial charge in [0.1, 0.15) is 12.4 Å². The van der Waals surface area contributed by atoms with Gasteiger partial charge in [0.25, 0.3) is 11.1 Å². The highest BCUT2D eigenvalue weighted by molar-refractivity contribution is 8.19. The number of imide groups is 1. The Morgan fingerprint density at radius 1 is 0.897 bits per heavy atom. The Morgan fingerprint density at radius 2 is 1.59 bits per heavy atom. The molecule has 3 aromatic carbocycles. The zero-order valence-electron chi connectivity index (χ0n) is 15.2. The highest BCUT2D eigenvalue weighted by Gasteiger charge is 2.36. The molecule has 0 spiro atoms. The van der Waals surface area contributed by atoms with Crippen LogP contribution in [0.1, 0.15) is 11.1 Å². The fourth-order valence-electron chi connectivity index (χ4n) is 2.83. The Labute approximate surface area is 177 Å². The Balaban J connectivity index is 1.45. The Morgan fingerprint density at radius 3 is 2.28 bits per heavy atom. The summed E-state index contributed by atoms with van der Waals surface area (Å²) in [4.78, 5) is 26.5. The monoisotopic (exact) mass is 421 g/mol. The van der Waals surface area contributed by atoms with Crippen molar-refractivity contribution in [3.8, 4) is 5.75 Å². The van der Waals surface area contributed by atoms with Crippen molar-refractivity contribution in [3.05, 3.63) is 99.9 Å². The first-order valence-corrected chi connectivity index (χ1v) is 10.1. The SMILES string of the molecule is O=C1S/C(=C/c2ccc(OCc3ccccc3)cc2)C(=O)N1c1ccc(Cl)cc1. The minimum Gasteiger partial charge on any atom is -0.489 e. The third kappa shape index (κ3) is 4.53. The normalized spacial score (nSPS) is 15.2. The first-order chi connectivity index (χ1) is 14.1. The van der Waals surface area contributed by atoms with Gasteiger partial charge in [0, 0.05) is 5.02 Å². The molecule has 0 atom stereocenters. The quantitative estimate of drug-likeness (QED) is 0.463. The van der Waals surface area contributed by atoms with Gasteiger partial charge in [-0.15, -0.1) is 0 Å². The molecule has 1 heterocycles. The molecule has 0 unspecified atom stereocenters. The Kier molecular flexibility index (Phi) is 5.69. The molecule has 4 rings (SSSR count). The van der Waals surface area contributed by atoms with Gasteiger partial charge in [-0.05, 0) is 65.4 Å². The highest BCUT2D eigenvalue weighted by atomic mass is 35.5. The van der Waals surface area contributed by atoms with Crippen LogP contribution in [-0.2, 0) is 11.4 Å². The molecular weight excluding hydrogens is 406 g/mol. The predicted molar refractivity (Wildman–Crippen MR) is 117 cm³/mol. The van der Waals surface area contributed by atoms with Gasteiger partial charge in [-0.1, -0.05) is 54.1 Å². The number of ether oxygens (including phenoxy) is 1. The summed E-state index contributed by atoms with van der Waals surface area (Å²) in [6.45, 7) is 0.486. The fraction of sp³-hybridized carbons (Fsp3) is 0.0435. The van der Waals surface area contributed by atoms with Crippen LogP contribution < -0.4 is 9.64 Å². The van der Waals surface area contributed by atoms with E-state index in [1.54, 1.807) is 30.3 Å². The smallest absolute Gasteiger partial charge is 0.298 e. The van der Waals surface area contributed by atoms with Crippen LogP contribution in [0.4, 0.5) is 10.5 Å². The molecule has 4 nitrogen and oxygen atoms in total. The first-order valence-electron chi connectivity index (χ1n) is 8.90. The summed E-state index contributed by atoms with van der Waals surface area (Å²) in [5.74, 6) is 0.395. The second-order valence-corrected chi connectivity index (χ2v) is 7.77. The Hall–Kier alpha value is -3.02. The zero-order chi connectivity index (χ0) is 20.2. The lowest BCUT2D eigenvalue weighted by Gasteiger charge is -2.12. The number of thioether (sulfide) groups is 1. The standard InChI is InChI=1S/C23H16ClNO3S/c24-18-8-10-19(11-9-18)25-22(26)21(29-23(25)27)14-16-6-12-20(13-7-16)28-15-17-4-2-1-3-5-17/h1-14H,15H2/b21-14+. The number of hydrogen-bond acceptors (Lipinski definition) is 4. The van der Waals surface area contributed by atoms with Crippen LogP contribution in [0.3, 0.4) is 0 Å². The number of carbonyl (C=O) groups is 2. The van der Waals surface area contributed by atoms with Crippen molar-refractivity contribution >= 4 is 46.3 Å². The number of benzene rings is 3. The van der Waals surface area contributed by atoms with E-state index in [4.69, 9.17) is 16.3 Å². The molecule has 1 aliphatic heterocycles. The van der Waals surface area contributed by atoms with Gasteiger partial charge in [-0.3, -0.25) is 9.59 Å². The summed E-state index contributed by atoms with van der Waals surface area (Å²) in [5.41, 5.74) is 2.41. The van der Waals surface area contributed by atoms with E-state index >= 15 is 0 Å². The summed E-state index contributed by atoms with van der Waals surface area (Å²) >= 11 is 6.80. The van der Waals surface area contributed by atoms with Crippen LogP contribution in [0.5, 0.6) is 5.75 Å². The molecule has 1 fully saturated rings. The van der Waals surface area contributed by atoms with Gasteiger partial charge >= 0.3 is 0 Å². The zero-order valence-corrected chi connectivity index (χ0v) is 16.8. The molecule has 3 aromatic rings. The summed E-state index contributed by atoms with van der Waals surface area (Å²) in [7, 11) is 0. The van der Waals surface area contributed by atoms with Gasteiger partial charge in [0.2, 0.25) is 0 Å². The lowest BCUT2D eigenvalue weighted by atomic mass is 10.2. The molecule has 0 saturated carbocycles. The van der Waals surface area contributed by atoms with Gasteiger partial charge in [-0.2, -0.15) is 0 Å². The van der Waals surface area contributed by atoms with Crippen molar-refractivity contribution in [1.82, 2.24) is 0 Å². The van der Waals surface area contributed by atoms with Crippen LogP contribution in [0.15, 0.2) is 83.8 Å². The van der Waals surface area contributed by atoms with E-state index in [0.29, 0.717) is 22.2 Å². The summed E-state index contributed by atoms with van der Waals surface area (Å²) in [6.07, 6.45) is 1.71. The molecule has 0 aromatic heterocycles. The lowest BCUT2D eigenvalue weighted by Crippen LogP contribution is -2.27. The number of anilines is 1. The largest absolute Gasteiger partial charge is 0.489 e. The van der Waals surface area contributed by atoms with Gasteiger partial charge < -0.3 is 4.74 Å². The van der Waals surface area contributed by atoms with Crippen molar-refractivity contribution in [1.29, 1.82) is 0 Å². The van der Waals surface area contributed by atoms with E-state index in [-0.39, 0.29) is 11.1 Å². The van der Waals surface area contributed by atoms with E-state index < -0.39 is 0 Å². The van der Waals surface area contributed by atoms with Crippen LogP contribution in [0.2, 0.25) is 5.02 Å². The molecule has 1 aliphatic rings. The lowest BCUT2D eigenvalue weighted by molar-refractivity contribution is -0.113. The van der Waals surface area contributed by atoms with Crippen molar-refractivity contribution in [3.63, 3.8) is 0 Å². The molecule has 6 heteroatoms. The van der Waals surface area contributed by atoms with Crippen LogP contribution in [0.25, 0.3) is 6.08 Å². The second kappa shape index (κ2) is 8.55. The topological polar surface area (TPSA) is 46.6 Å². The van der Waals surface area contributed by atoms with Crippen molar-refractivity contribution in [2.24, 2.45) is 0 Å². The van der Waals surface area contributed by atoms with E-state index in [1.807, 2.05) is 54.6 Å². The molecule has 2 amide bonds. The van der Waals surface area contributed by atoms with Crippen LogP contribution in [-0.4, -0.2) is 11.1 Å². The molecule has 0 radical (unpaired) electrons. The summed E-state index contributed by atoms with van der Waals surface area (Å²) < 4.78 is 5.77. The fourth-order valence-corrected chi connectivity index (χ4v) is 3.80. The maximum absolute atomic E-state index is 12.7. The molecule has 144 valence electrons. The van der Waals surface area contributed by atoms with E-state index in [1.165, 1.54) is 0 Å². The molecule has 1 saturated heterocycles. The molecule has 0 bridgehead atoms. The Bertz CT molecular complexity index is 1060.